The summed E-state index contributed by atoms with van der Waals surface area (Å²) in [6.45, 7) is 1.08. The Morgan fingerprint density at radius 3 is 2.77 bits per heavy atom. The van der Waals surface area contributed by atoms with Gasteiger partial charge in [-0.2, -0.15) is 0 Å². The number of hydrogen-bond acceptors (Lipinski definition) is 4. The van der Waals surface area contributed by atoms with E-state index >= 15 is 0 Å². The summed E-state index contributed by atoms with van der Waals surface area (Å²) < 4.78 is 4.64. The Balaban J connectivity index is 1.47. The van der Waals surface area contributed by atoms with E-state index in [1.54, 1.807) is 29.2 Å². The molecular weight excluding hydrogens is 310 g/mol. The van der Waals surface area contributed by atoms with Gasteiger partial charge in [0.2, 0.25) is 0 Å². The molecule has 1 N–H and O–H groups in total. The molecule has 2 aliphatic rings. The molecule has 8 heteroatoms. The molecule has 0 spiro atoms. The summed E-state index contributed by atoms with van der Waals surface area (Å²) in [7, 11) is 0. The lowest BCUT2D eigenvalue weighted by molar-refractivity contribution is -0.126. The van der Waals surface area contributed by atoms with Crippen LogP contribution in [0.2, 0.25) is 5.02 Å². The molecule has 22 heavy (non-hydrogen) atoms. The Morgan fingerprint density at radius 1 is 1.36 bits per heavy atom. The van der Waals surface area contributed by atoms with Crippen molar-refractivity contribution in [3.63, 3.8) is 0 Å². The third kappa shape index (κ3) is 2.99. The predicted molar refractivity (Wildman–Crippen MR) is 78.6 cm³/mol. The Hall–Kier alpha value is -2.28. The number of urea groups is 1. The maximum absolute atomic E-state index is 12.0. The van der Waals surface area contributed by atoms with Crippen LogP contribution in [0.4, 0.5) is 15.3 Å². The molecule has 2 saturated heterocycles. The Kier molecular flexibility index (Phi) is 3.89. The zero-order valence-electron chi connectivity index (χ0n) is 11.6. The van der Waals surface area contributed by atoms with Gasteiger partial charge < -0.3 is 15.0 Å². The van der Waals surface area contributed by atoms with Crippen LogP contribution in [0.25, 0.3) is 0 Å². The van der Waals surface area contributed by atoms with Crippen LogP contribution in [0, 0.1) is 5.92 Å². The van der Waals surface area contributed by atoms with Crippen molar-refractivity contribution in [3.8, 4) is 0 Å². The molecule has 2 heterocycles. The van der Waals surface area contributed by atoms with Crippen molar-refractivity contribution in [1.29, 1.82) is 0 Å². The first-order chi connectivity index (χ1) is 10.5. The number of rotatable bonds is 3. The number of amides is 4. The van der Waals surface area contributed by atoms with E-state index in [0.29, 0.717) is 30.3 Å². The number of cyclic esters (lactones) is 1. The fourth-order valence-electron chi connectivity index (χ4n) is 2.44. The van der Waals surface area contributed by atoms with E-state index in [2.05, 4.69) is 10.1 Å². The number of ether oxygens (including phenoxy) is 1. The average Bonchev–Trinajstić information content (AvgIpc) is 2.73. The highest BCUT2D eigenvalue weighted by atomic mass is 35.5. The van der Waals surface area contributed by atoms with E-state index in [0.717, 1.165) is 4.90 Å². The molecule has 0 bridgehead atoms. The summed E-state index contributed by atoms with van der Waals surface area (Å²) in [5.74, 6) is -0.244. The maximum Gasteiger partial charge on any atom is 0.417 e. The second-order valence-electron chi connectivity index (χ2n) is 5.27. The monoisotopic (exact) mass is 323 g/mol. The molecule has 0 aromatic heterocycles. The highest BCUT2D eigenvalue weighted by Gasteiger charge is 2.38. The SMILES string of the molecule is O=C(Nc1cccc(Cl)c1)N1CC(CN2C(=O)COC2=O)C1. The van der Waals surface area contributed by atoms with Gasteiger partial charge in [-0.25, -0.2) is 14.5 Å². The number of hydrogen-bond donors (Lipinski definition) is 1. The normalized spacial score (nSPS) is 18.2. The number of halogens is 1. The van der Waals surface area contributed by atoms with Gasteiger partial charge in [-0.3, -0.25) is 4.79 Å². The molecule has 7 nitrogen and oxygen atoms in total. The number of nitrogens with one attached hydrogen (secondary N) is 1. The number of carbonyl (C=O) groups is 3. The Morgan fingerprint density at radius 2 is 2.14 bits per heavy atom. The highest BCUT2D eigenvalue weighted by molar-refractivity contribution is 6.30. The lowest BCUT2D eigenvalue weighted by atomic mass is 10.0. The minimum absolute atomic E-state index is 0.0831. The molecular formula is C14H14ClN3O4. The lowest BCUT2D eigenvalue weighted by Crippen LogP contribution is -2.55. The molecule has 2 aliphatic heterocycles. The number of benzene rings is 1. The van der Waals surface area contributed by atoms with Crippen molar-refractivity contribution in [3.05, 3.63) is 29.3 Å². The maximum atomic E-state index is 12.0. The first-order valence-corrected chi connectivity index (χ1v) is 7.19. The second kappa shape index (κ2) is 5.84. The van der Waals surface area contributed by atoms with E-state index in [1.165, 1.54) is 0 Å². The van der Waals surface area contributed by atoms with E-state index < -0.39 is 6.09 Å². The standard InChI is InChI=1S/C14H14ClN3O4/c15-10-2-1-3-11(4-10)16-13(20)17-5-9(6-17)7-18-12(19)8-22-14(18)21/h1-4,9H,5-8H2,(H,16,20). The van der Waals surface area contributed by atoms with Crippen LogP contribution in [0.5, 0.6) is 0 Å². The summed E-state index contributed by atoms with van der Waals surface area (Å²) in [5.41, 5.74) is 0.624. The van der Waals surface area contributed by atoms with Gasteiger partial charge >= 0.3 is 12.1 Å². The van der Waals surface area contributed by atoms with Crippen molar-refractivity contribution in [2.24, 2.45) is 5.92 Å². The first kappa shape index (κ1) is 14.6. The Bertz CT molecular complexity index is 614. The van der Waals surface area contributed by atoms with Gasteiger partial charge in [-0.05, 0) is 18.2 Å². The average molecular weight is 324 g/mol. The lowest BCUT2D eigenvalue weighted by Gasteiger charge is -2.40. The van der Waals surface area contributed by atoms with Crippen molar-refractivity contribution >= 4 is 35.3 Å². The van der Waals surface area contributed by atoms with Crippen molar-refractivity contribution in [2.75, 3.05) is 31.6 Å². The second-order valence-corrected chi connectivity index (χ2v) is 5.71. The van der Waals surface area contributed by atoms with Crippen molar-refractivity contribution < 1.29 is 19.1 Å². The van der Waals surface area contributed by atoms with E-state index in [9.17, 15) is 14.4 Å². The third-order valence-electron chi connectivity index (χ3n) is 3.60. The smallest absolute Gasteiger partial charge is 0.417 e. The quantitative estimate of drug-likeness (QED) is 0.919. The molecule has 4 amide bonds. The number of carbonyl (C=O) groups excluding carboxylic acids is 3. The molecule has 116 valence electrons. The van der Waals surface area contributed by atoms with Crippen LogP contribution in [0.3, 0.4) is 0 Å². The van der Waals surface area contributed by atoms with Gasteiger partial charge in [0.1, 0.15) is 0 Å². The predicted octanol–water partition coefficient (Wildman–Crippen LogP) is 1.78. The Labute approximate surface area is 131 Å². The largest absolute Gasteiger partial charge is 0.439 e. The summed E-state index contributed by atoms with van der Waals surface area (Å²) in [4.78, 5) is 37.5. The fraction of sp³-hybridized carbons (Fsp3) is 0.357. The van der Waals surface area contributed by atoms with Gasteiger partial charge in [0, 0.05) is 36.3 Å². The van der Waals surface area contributed by atoms with Gasteiger partial charge in [0.15, 0.2) is 6.61 Å². The molecule has 0 saturated carbocycles. The third-order valence-corrected chi connectivity index (χ3v) is 3.84. The molecule has 0 radical (unpaired) electrons. The summed E-state index contributed by atoms with van der Waals surface area (Å²) >= 11 is 5.86. The van der Waals surface area contributed by atoms with Crippen LogP contribution in [0.1, 0.15) is 0 Å². The number of nitrogens with zero attached hydrogens (tertiary/aromatic N) is 2. The summed E-state index contributed by atoms with van der Waals surface area (Å²) in [5, 5.41) is 3.29. The number of anilines is 1. The van der Waals surface area contributed by atoms with Gasteiger partial charge in [-0.1, -0.05) is 17.7 Å². The number of likely N-dealkylation sites (tertiary alicyclic amines) is 1. The van der Waals surface area contributed by atoms with Crippen molar-refractivity contribution in [2.45, 2.75) is 0 Å². The van der Waals surface area contributed by atoms with Crippen LogP contribution in [-0.4, -0.2) is 54.1 Å². The molecule has 0 aliphatic carbocycles. The van der Waals surface area contributed by atoms with Gasteiger partial charge in [0.05, 0.1) is 0 Å². The summed E-state index contributed by atoms with van der Waals surface area (Å²) in [6.07, 6.45) is -0.605. The zero-order valence-corrected chi connectivity index (χ0v) is 12.4. The van der Waals surface area contributed by atoms with Gasteiger partial charge in [-0.15, -0.1) is 0 Å². The molecule has 0 atom stereocenters. The summed E-state index contributed by atoms with van der Waals surface area (Å²) in [6, 6.07) is 6.66. The van der Waals surface area contributed by atoms with Crippen LogP contribution < -0.4 is 5.32 Å². The molecule has 1 aromatic rings. The zero-order chi connectivity index (χ0) is 15.7. The molecule has 0 unspecified atom stereocenters. The topological polar surface area (TPSA) is 79.0 Å². The minimum Gasteiger partial charge on any atom is -0.439 e. The van der Waals surface area contributed by atoms with E-state index in [1.807, 2.05) is 0 Å². The first-order valence-electron chi connectivity index (χ1n) is 6.81. The molecule has 2 fully saturated rings. The van der Waals surface area contributed by atoms with E-state index in [4.69, 9.17) is 11.6 Å². The number of imide groups is 1. The molecule has 3 rings (SSSR count). The van der Waals surface area contributed by atoms with Crippen LogP contribution in [-0.2, 0) is 9.53 Å². The van der Waals surface area contributed by atoms with E-state index in [-0.39, 0.29) is 24.5 Å². The fourth-order valence-corrected chi connectivity index (χ4v) is 2.63. The highest BCUT2D eigenvalue weighted by Crippen LogP contribution is 2.21. The van der Waals surface area contributed by atoms with Crippen LogP contribution in [0.15, 0.2) is 24.3 Å². The van der Waals surface area contributed by atoms with Crippen molar-refractivity contribution in [1.82, 2.24) is 9.80 Å². The minimum atomic E-state index is -0.605. The van der Waals surface area contributed by atoms with Gasteiger partial charge in [0.25, 0.3) is 5.91 Å². The van der Waals surface area contributed by atoms with Crippen LogP contribution >= 0.6 is 11.6 Å². The molecule has 1 aromatic carbocycles.